The minimum absolute atomic E-state index is 0.0386. The van der Waals surface area contributed by atoms with Gasteiger partial charge in [0.05, 0.1) is 25.1 Å². The quantitative estimate of drug-likeness (QED) is 0.466. The first-order chi connectivity index (χ1) is 14.8. The molecule has 168 valence electrons. The van der Waals surface area contributed by atoms with Crippen molar-refractivity contribution in [3.63, 3.8) is 0 Å². The standard InChI is InChI=1S/C22H33N7O2/c1-6-7-10-30-21-26-19(23)20-25-13-17(29(20)27-21)11-16-8-9-18(24-12-16)31-15-22(2,3)14-28(4)5/h8-9,12-13H,6-7,10-11,14-15H2,1-5H3,(H2,23,26,27). The lowest BCUT2D eigenvalue weighted by Gasteiger charge is -2.27. The minimum Gasteiger partial charge on any atom is -0.477 e. The number of unbranched alkanes of at least 4 members (excludes halogenated alkanes) is 1. The number of imidazole rings is 1. The molecular weight excluding hydrogens is 394 g/mol. The van der Waals surface area contributed by atoms with Crippen molar-refractivity contribution in [2.45, 2.75) is 40.0 Å². The van der Waals surface area contributed by atoms with Gasteiger partial charge < -0.3 is 20.1 Å². The van der Waals surface area contributed by atoms with Crippen molar-refractivity contribution in [2.75, 3.05) is 39.6 Å². The highest BCUT2D eigenvalue weighted by molar-refractivity contribution is 5.59. The van der Waals surface area contributed by atoms with Gasteiger partial charge in [0.1, 0.15) is 0 Å². The molecule has 31 heavy (non-hydrogen) atoms. The predicted octanol–water partition coefficient (Wildman–Crippen LogP) is 2.84. The summed E-state index contributed by atoms with van der Waals surface area (Å²) in [6, 6.07) is 4.16. The summed E-state index contributed by atoms with van der Waals surface area (Å²) in [5.74, 6) is 0.918. The summed E-state index contributed by atoms with van der Waals surface area (Å²) in [6.07, 6.45) is 6.14. The number of fused-ring (bicyclic) bond motifs is 1. The summed E-state index contributed by atoms with van der Waals surface area (Å²) >= 11 is 0. The first-order valence-corrected chi connectivity index (χ1v) is 10.6. The summed E-state index contributed by atoms with van der Waals surface area (Å²) in [7, 11) is 4.13. The Balaban J connectivity index is 1.68. The molecule has 0 amide bonds. The van der Waals surface area contributed by atoms with Crippen LogP contribution >= 0.6 is 0 Å². The molecule has 0 aromatic carbocycles. The van der Waals surface area contributed by atoms with Crippen molar-refractivity contribution in [2.24, 2.45) is 5.41 Å². The Morgan fingerprint density at radius 2 is 1.94 bits per heavy atom. The average molecular weight is 428 g/mol. The van der Waals surface area contributed by atoms with Gasteiger partial charge in [0, 0.05) is 30.6 Å². The van der Waals surface area contributed by atoms with Crippen molar-refractivity contribution < 1.29 is 9.47 Å². The lowest BCUT2D eigenvalue weighted by molar-refractivity contribution is 0.137. The first-order valence-electron chi connectivity index (χ1n) is 10.6. The Hall–Kier alpha value is -2.94. The van der Waals surface area contributed by atoms with Gasteiger partial charge in [-0.05, 0) is 26.1 Å². The fourth-order valence-electron chi connectivity index (χ4n) is 3.40. The summed E-state index contributed by atoms with van der Waals surface area (Å²) in [6.45, 7) is 8.56. The maximum atomic E-state index is 6.04. The number of pyridine rings is 1. The highest BCUT2D eigenvalue weighted by atomic mass is 16.5. The third kappa shape index (κ3) is 6.27. The van der Waals surface area contributed by atoms with Gasteiger partial charge >= 0.3 is 6.01 Å². The molecule has 3 aromatic heterocycles. The molecule has 0 atom stereocenters. The highest BCUT2D eigenvalue weighted by Crippen LogP contribution is 2.20. The van der Waals surface area contributed by atoms with Crippen LogP contribution in [0.4, 0.5) is 5.82 Å². The van der Waals surface area contributed by atoms with Crippen molar-refractivity contribution >= 4 is 11.5 Å². The molecule has 2 N–H and O–H groups in total. The zero-order chi connectivity index (χ0) is 22.4. The molecular formula is C22H33N7O2. The molecule has 9 heteroatoms. The molecule has 9 nitrogen and oxygen atoms in total. The zero-order valence-electron chi connectivity index (χ0n) is 19.1. The van der Waals surface area contributed by atoms with E-state index in [1.165, 1.54) is 0 Å². The van der Waals surface area contributed by atoms with E-state index in [2.05, 4.69) is 59.8 Å². The van der Waals surface area contributed by atoms with Gasteiger partial charge in [-0.2, -0.15) is 4.98 Å². The Kier molecular flexibility index (Phi) is 7.27. The molecule has 3 heterocycles. The molecule has 0 unspecified atom stereocenters. The maximum absolute atomic E-state index is 6.04. The summed E-state index contributed by atoms with van der Waals surface area (Å²) in [5, 5.41) is 4.45. The van der Waals surface area contributed by atoms with Gasteiger partial charge in [0.15, 0.2) is 11.5 Å². The highest BCUT2D eigenvalue weighted by Gasteiger charge is 2.20. The van der Waals surface area contributed by atoms with E-state index in [4.69, 9.17) is 15.2 Å². The van der Waals surface area contributed by atoms with Crippen LogP contribution in [0.15, 0.2) is 24.5 Å². The average Bonchev–Trinajstić information content (AvgIpc) is 3.10. The van der Waals surface area contributed by atoms with Crippen LogP contribution in [0.5, 0.6) is 11.9 Å². The summed E-state index contributed by atoms with van der Waals surface area (Å²) in [4.78, 5) is 15.2. The number of nitrogen functional groups attached to an aromatic ring is 1. The molecule has 0 aliphatic rings. The molecule has 0 aliphatic heterocycles. The van der Waals surface area contributed by atoms with E-state index >= 15 is 0 Å². The number of anilines is 1. The molecule has 0 radical (unpaired) electrons. The third-order valence-electron chi connectivity index (χ3n) is 4.71. The monoisotopic (exact) mass is 427 g/mol. The Morgan fingerprint density at radius 1 is 1.13 bits per heavy atom. The molecule has 0 fully saturated rings. The zero-order valence-corrected chi connectivity index (χ0v) is 19.1. The van der Waals surface area contributed by atoms with Gasteiger partial charge in [0.2, 0.25) is 5.88 Å². The van der Waals surface area contributed by atoms with Crippen LogP contribution in [0.2, 0.25) is 0 Å². The van der Waals surface area contributed by atoms with Crippen LogP contribution in [0.1, 0.15) is 44.9 Å². The molecule has 3 aromatic rings. The summed E-state index contributed by atoms with van der Waals surface area (Å²) in [5.41, 5.74) is 8.50. The van der Waals surface area contributed by atoms with Gasteiger partial charge in [0.25, 0.3) is 0 Å². The van der Waals surface area contributed by atoms with Crippen LogP contribution in [-0.2, 0) is 6.42 Å². The lowest BCUT2D eigenvalue weighted by atomic mass is 9.94. The van der Waals surface area contributed by atoms with Crippen molar-refractivity contribution in [3.8, 4) is 11.9 Å². The second kappa shape index (κ2) is 9.91. The second-order valence-electron chi connectivity index (χ2n) is 8.84. The molecule has 0 spiro atoms. The van der Waals surface area contributed by atoms with Crippen LogP contribution in [0, 0.1) is 5.41 Å². The van der Waals surface area contributed by atoms with Crippen molar-refractivity contribution in [1.29, 1.82) is 0 Å². The number of hydrogen-bond acceptors (Lipinski definition) is 8. The predicted molar refractivity (Wildman–Crippen MR) is 120 cm³/mol. The van der Waals surface area contributed by atoms with Gasteiger partial charge in [-0.3, -0.25) is 0 Å². The van der Waals surface area contributed by atoms with Crippen LogP contribution in [0.3, 0.4) is 0 Å². The third-order valence-corrected chi connectivity index (χ3v) is 4.71. The van der Waals surface area contributed by atoms with Crippen molar-refractivity contribution in [3.05, 3.63) is 35.8 Å². The lowest BCUT2D eigenvalue weighted by Crippen LogP contribution is -2.33. The smallest absolute Gasteiger partial charge is 0.336 e. The normalized spacial score (nSPS) is 11.9. The maximum Gasteiger partial charge on any atom is 0.336 e. The minimum atomic E-state index is 0.0386. The molecule has 3 rings (SSSR count). The van der Waals surface area contributed by atoms with Gasteiger partial charge in [-0.15, -0.1) is 5.10 Å². The largest absolute Gasteiger partial charge is 0.477 e. The van der Waals surface area contributed by atoms with E-state index in [0.717, 1.165) is 30.6 Å². The topological polar surface area (TPSA) is 104 Å². The van der Waals surface area contributed by atoms with E-state index in [0.29, 0.717) is 37.0 Å². The molecule has 0 bridgehead atoms. The fourth-order valence-corrected chi connectivity index (χ4v) is 3.40. The second-order valence-corrected chi connectivity index (χ2v) is 8.84. The number of nitrogens with two attached hydrogens (primary N) is 1. The van der Waals surface area contributed by atoms with Crippen LogP contribution in [-0.4, -0.2) is 63.3 Å². The molecule has 0 aliphatic carbocycles. The fraction of sp³-hybridized carbons (Fsp3) is 0.545. The van der Waals surface area contributed by atoms with E-state index in [-0.39, 0.29) is 11.4 Å². The van der Waals surface area contributed by atoms with Crippen molar-refractivity contribution in [1.82, 2.24) is 29.5 Å². The van der Waals surface area contributed by atoms with E-state index < -0.39 is 0 Å². The number of nitrogens with zero attached hydrogens (tertiary/aromatic N) is 6. The van der Waals surface area contributed by atoms with E-state index in [9.17, 15) is 0 Å². The number of ether oxygens (including phenoxy) is 2. The van der Waals surface area contributed by atoms with E-state index in [1.807, 2.05) is 18.3 Å². The molecule has 0 saturated heterocycles. The van der Waals surface area contributed by atoms with Gasteiger partial charge in [-0.1, -0.05) is 33.3 Å². The van der Waals surface area contributed by atoms with Gasteiger partial charge in [-0.25, -0.2) is 14.5 Å². The Morgan fingerprint density at radius 3 is 2.61 bits per heavy atom. The first kappa shape index (κ1) is 22.7. The number of rotatable bonds is 11. The van der Waals surface area contributed by atoms with Crippen LogP contribution < -0.4 is 15.2 Å². The van der Waals surface area contributed by atoms with E-state index in [1.54, 1.807) is 10.7 Å². The molecule has 0 saturated carbocycles. The Bertz CT molecular complexity index is 983. The Labute approximate surface area is 183 Å². The SMILES string of the molecule is CCCCOc1nc(N)c2ncc(Cc3ccc(OCC(C)(C)CN(C)C)nc3)n2n1. The van der Waals surface area contributed by atoms with Crippen LogP contribution in [0.25, 0.3) is 5.65 Å². The number of hydrogen-bond donors (Lipinski definition) is 1. The summed E-state index contributed by atoms with van der Waals surface area (Å²) < 4.78 is 13.2. The number of aromatic nitrogens is 5.